The summed E-state index contributed by atoms with van der Waals surface area (Å²) in [6.07, 6.45) is 1.75. The molecule has 2 rings (SSSR count). The highest BCUT2D eigenvalue weighted by molar-refractivity contribution is 5.21. The lowest BCUT2D eigenvalue weighted by Gasteiger charge is -2.13. The Morgan fingerprint density at radius 3 is 2.79 bits per heavy atom. The quantitative estimate of drug-likeness (QED) is 0.903. The van der Waals surface area contributed by atoms with Gasteiger partial charge in [-0.25, -0.2) is 8.78 Å². The predicted octanol–water partition coefficient (Wildman–Crippen LogP) is 2.85. The lowest BCUT2D eigenvalue weighted by Crippen LogP contribution is -2.11. The topological polar surface area (TPSA) is 38.0 Å². The molecule has 102 valence electrons. The second kappa shape index (κ2) is 5.93. The van der Waals surface area contributed by atoms with Crippen molar-refractivity contribution in [1.82, 2.24) is 9.78 Å². The first-order chi connectivity index (χ1) is 9.11. The molecule has 1 heterocycles. The monoisotopic (exact) mass is 266 g/mol. The highest BCUT2D eigenvalue weighted by atomic mass is 19.1. The standard InChI is InChI=1S/C14H16F2N2O/c1-2-7-18-13(5-6-17-18)14(19)8-10-3-4-11(15)9-12(10)16/h3-6,9,14,19H,2,7-8H2,1H3. The maximum atomic E-state index is 13.5. The molecule has 0 fully saturated rings. The minimum absolute atomic E-state index is 0.0987. The minimum Gasteiger partial charge on any atom is -0.386 e. The number of aromatic nitrogens is 2. The van der Waals surface area contributed by atoms with Gasteiger partial charge in [0, 0.05) is 25.2 Å². The number of aryl methyl sites for hydroxylation is 1. The molecule has 3 nitrogen and oxygen atoms in total. The van der Waals surface area contributed by atoms with E-state index in [0.717, 1.165) is 12.5 Å². The van der Waals surface area contributed by atoms with Gasteiger partial charge in [-0.2, -0.15) is 5.10 Å². The lowest BCUT2D eigenvalue weighted by atomic mass is 10.0. The van der Waals surface area contributed by atoms with E-state index < -0.39 is 17.7 Å². The van der Waals surface area contributed by atoms with Crippen LogP contribution >= 0.6 is 0 Å². The molecule has 1 N–H and O–H groups in total. The number of benzene rings is 1. The van der Waals surface area contributed by atoms with Crippen molar-refractivity contribution in [2.24, 2.45) is 0 Å². The van der Waals surface area contributed by atoms with Crippen LogP contribution in [0.2, 0.25) is 0 Å². The van der Waals surface area contributed by atoms with Gasteiger partial charge in [-0.15, -0.1) is 0 Å². The van der Waals surface area contributed by atoms with Gasteiger partial charge in [0.2, 0.25) is 0 Å². The molecular weight excluding hydrogens is 250 g/mol. The summed E-state index contributed by atoms with van der Waals surface area (Å²) in [5, 5.41) is 14.3. The molecule has 1 aromatic carbocycles. The van der Waals surface area contributed by atoms with Crippen molar-refractivity contribution in [3.8, 4) is 0 Å². The van der Waals surface area contributed by atoms with Gasteiger partial charge in [0.25, 0.3) is 0 Å². The summed E-state index contributed by atoms with van der Waals surface area (Å²) in [5.41, 5.74) is 0.934. The largest absolute Gasteiger partial charge is 0.386 e. The van der Waals surface area contributed by atoms with E-state index in [0.29, 0.717) is 12.2 Å². The van der Waals surface area contributed by atoms with Crippen LogP contribution in [-0.4, -0.2) is 14.9 Å². The van der Waals surface area contributed by atoms with Crippen molar-refractivity contribution in [3.63, 3.8) is 0 Å². The van der Waals surface area contributed by atoms with Crippen LogP contribution in [0.5, 0.6) is 0 Å². The van der Waals surface area contributed by atoms with Crippen molar-refractivity contribution < 1.29 is 13.9 Å². The summed E-state index contributed by atoms with van der Waals surface area (Å²) in [5.74, 6) is -1.26. The van der Waals surface area contributed by atoms with Crippen molar-refractivity contribution >= 4 is 0 Å². The molecule has 1 aromatic heterocycles. The van der Waals surface area contributed by atoms with E-state index in [1.54, 1.807) is 16.9 Å². The molecule has 19 heavy (non-hydrogen) atoms. The third-order valence-corrected chi connectivity index (χ3v) is 2.95. The Kier molecular flexibility index (Phi) is 4.27. The minimum atomic E-state index is -0.853. The third kappa shape index (κ3) is 3.17. The molecule has 0 aliphatic heterocycles. The van der Waals surface area contributed by atoms with Crippen molar-refractivity contribution in [2.75, 3.05) is 0 Å². The molecule has 1 unspecified atom stereocenters. The molecule has 5 heteroatoms. The second-order valence-corrected chi connectivity index (χ2v) is 4.43. The van der Waals surface area contributed by atoms with Gasteiger partial charge in [0.05, 0.1) is 11.8 Å². The summed E-state index contributed by atoms with van der Waals surface area (Å²) in [4.78, 5) is 0. The van der Waals surface area contributed by atoms with Gasteiger partial charge in [0.15, 0.2) is 0 Å². The van der Waals surface area contributed by atoms with Gasteiger partial charge in [-0.1, -0.05) is 13.0 Å². The fourth-order valence-corrected chi connectivity index (χ4v) is 2.02. The summed E-state index contributed by atoms with van der Waals surface area (Å²) < 4.78 is 28.0. The van der Waals surface area contributed by atoms with Crippen LogP contribution in [0.25, 0.3) is 0 Å². The van der Waals surface area contributed by atoms with Gasteiger partial charge < -0.3 is 5.11 Å². The maximum absolute atomic E-state index is 13.5. The second-order valence-electron chi connectivity index (χ2n) is 4.43. The van der Waals surface area contributed by atoms with E-state index >= 15 is 0 Å². The maximum Gasteiger partial charge on any atom is 0.129 e. The Labute approximate surface area is 110 Å². The van der Waals surface area contributed by atoms with Crippen molar-refractivity contribution in [2.45, 2.75) is 32.4 Å². The zero-order valence-electron chi connectivity index (χ0n) is 10.7. The first kappa shape index (κ1) is 13.7. The zero-order valence-corrected chi connectivity index (χ0v) is 10.7. The highest BCUT2D eigenvalue weighted by Gasteiger charge is 2.15. The molecule has 0 aliphatic rings. The molecule has 0 bridgehead atoms. The smallest absolute Gasteiger partial charge is 0.129 e. The van der Waals surface area contributed by atoms with E-state index in [4.69, 9.17) is 0 Å². The van der Waals surface area contributed by atoms with Gasteiger partial charge >= 0.3 is 0 Å². The Morgan fingerprint density at radius 2 is 2.11 bits per heavy atom. The first-order valence-corrected chi connectivity index (χ1v) is 6.25. The Morgan fingerprint density at radius 1 is 1.32 bits per heavy atom. The fourth-order valence-electron chi connectivity index (χ4n) is 2.02. The van der Waals surface area contributed by atoms with E-state index in [1.165, 1.54) is 12.1 Å². The molecule has 2 aromatic rings. The summed E-state index contributed by atoms with van der Waals surface area (Å²) in [7, 11) is 0. The summed E-state index contributed by atoms with van der Waals surface area (Å²) in [6.45, 7) is 2.71. The van der Waals surface area contributed by atoms with Crippen LogP contribution in [-0.2, 0) is 13.0 Å². The van der Waals surface area contributed by atoms with Gasteiger partial charge in [-0.05, 0) is 24.1 Å². The van der Waals surface area contributed by atoms with Crippen LogP contribution in [0, 0.1) is 11.6 Å². The van der Waals surface area contributed by atoms with E-state index in [2.05, 4.69) is 5.10 Å². The van der Waals surface area contributed by atoms with Crippen molar-refractivity contribution in [1.29, 1.82) is 0 Å². The van der Waals surface area contributed by atoms with Crippen molar-refractivity contribution in [3.05, 3.63) is 53.4 Å². The molecule has 0 amide bonds. The molecule has 0 radical (unpaired) electrons. The average Bonchev–Trinajstić information content (AvgIpc) is 2.81. The number of rotatable bonds is 5. The van der Waals surface area contributed by atoms with Crippen LogP contribution in [0.15, 0.2) is 30.5 Å². The first-order valence-electron chi connectivity index (χ1n) is 6.25. The van der Waals surface area contributed by atoms with E-state index in [1.807, 2.05) is 6.92 Å². The number of hydrogen-bond donors (Lipinski definition) is 1. The fraction of sp³-hybridized carbons (Fsp3) is 0.357. The molecule has 0 aliphatic carbocycles. The number of nitrogens with zero attached hydrogens (tertiary/aromatic N) is 2. The number of aliphatic hydroxyl groups is 1. The molecule has 1 atom stereocenters. The normalized spacial score (nSPS) is 12.6. The number of halogens is 2. The SMILES string of the molecule is CCCn1nccc1C(O)Cc1ccc(F)cc1F. The average molecular weight is 266 g/mol. The van der Waals surface area contributed by atoms with Crippen LogP contribution in [0.3, 0.4) is 0 Å². The highest BCUT2D eigenvalue weighted by Crippen LogP contribution is 2.20. The Balaban J connectivity index is 2.16. The number of aliphatic hydroxyl groups excluding tert-OH is 1. The van der Waals surface area contributed by atoms with E-state index in [9.17, 15) is 13.9 Å². The molecule has 0 saturated heterocycles. The van der Waals surface area contributed by atoms with Crippen LogP contribution in [0.1, 0.15) is 30.7 Å². The molecule has 0 saturated carbocycles. The summed E-state index contributed by atoms with van der Waals surface area (Å²) in [6, 6.07) is 5.08. The van der Waals surface area contributed by atoms with Crippen LogP contribution in [0.4, 0.5) is 8.78 Å². The van der Waals surface area contributed by atoms with Gasteiger partial charge in [0.1, 0.15) is 11.6 Å². The Bertz CT molecular complexity index is 554. The van der Waals surface area contributed by atoms with E-state index in [-0.39, 0.29) is 12.0 Å². The molecule has 0 spiro atoms. The Hall–Kier alpha value is -1.75. The lowest BCUT2D eigenvalue weighted by molar-refractivity contribution is 0.165. The molecular formula is C14H16F2N2O. The van der Waals surface area contributed by atoms with Crippen LogP contribution < -0.4 is 0 Å². The predicted molar refractivity (Wildman–Crippen MR) is 67.5 cm³/mol. The summed E-state index contributed by atoms with van der Waals surface area (Å²) >= 11 is 0. The number of hydrogen-bond acceptors (Lipinski definition) is 2. The third-order valence-electron chi connectivity index (χ3n) is 2.95. The van der Waals surface area contributed by atoms with Gasteiger partial charge in [-0.3, -0.25) is 4.68 Å². The zero-order chi connectivity index (χ0) is 13.8.